The molecule has 1 fully saturated rings. The second-order valence-electron chi connectivity index (χ2n) is 8.50. The van der Waals surface area contributed by atoms with Crippen molar-refractivity contribution in [3.8, 4) is 0 Å². The Morgan fingerprint density at radius 3 is 2.58 bits per heavy atom. The van der Waals surface area contributed by atoms with Crippen LogP contribution < -0.4 is 16.4 Å². The average Bonchev–Trinajstić information content (AvgIpc) is 2.97. The zero-order chi connectivity index (χ0) is 22.8. The fourth-order valence-electron chi connectivity index (χ4n) is 4.26. The Labute approximate surface area is 202 Å². The predicted molar refractivity (Wildman–Crippen MR) is 132 cm³/mol. The van der Waals surface area contributed by atoms with Gasteiger partial charge in [-0.25, -0.2) is 14.4 Å². The van der Waals surface area contributed by atoms with Crippen molar-refractivity contribution in [1.29, 1.82) is 0 Å². The molecule has 9 heteroatoms. The third-order valence-corrected chi connectivity index (χ3v) is 7.58. The van der Waals surface area contributed by atoms with Crippen LogP contribution in [-0.4, -0.2) is 28.0 Å². The molecule has 0 bridgehead atoms. The van der Waals surface area contributed by atoms with Gasteiger partial charge < -0.3 is 10.6 Å². The summed E-state index contributed by atoms with van der Waals surface area (Å²) in [4.78, 5) is 11.2. The van der Waals surface area contributed by atoms with Crippen LogP contribution in [0.15, 0.2) is 53.7 Å². The highest BCUT2D eigenvalue weighted by molar-refractivity contribution is 8.01. The molecule has 3 heterocycles. The van der Waals surface area contributed by atoms with Crippen LogP contribution in [0.25, 0.3) is 0 Å². The number of aromatic nitrogens is 2. The largest absolute Gasteiger partial charge is 0.339 e. The summed E-state index contributed by atoms with van der Waals surface area (Å²) in [7, 11) is 0. The van der Waals surface area contributed by atoms with Gasteiger partial charge in [0, 0.05) is 17.8 Å². The molecule has 2 aliphatic heterocycles. The molecule has 0 saturated carbocycles. The molecule has 6 nitrogen and oxygen atoms in total. The summed E-state index contributed by atoms with van der Waals surface area (Å²) >= 11 is 7.37. The van der Waals surface area contributed by atoms with E-state index in [1.807, 2.05) is 0 Å². The molecule has 4 N–H and O–H groups in total. The average molecular weight is 485 g/mol. The van der Waals surface area contributed by atoms with E-state index in [9.17, 15) is 4.39 Å². The fourth-order valence-corrected chi connectivity index (χ4v) is 5.57. The molecular formula is C24H26ClFN6S. The number of nitrogens with two attached hydrogens (primary N) is 1. The molecule has 2 aliphatic rings. The van der Waals surface area contributed by atoms with Crippen molar-refractivity contribution in [3.05, 3.63) is 70.8 Å². The molecule has 1 unspecified atom stereocenters. The quantitative estimate of drug-likeness (QED) is 0.430. The van der Waals surface area contributed by atoms with Crippen LogP contribution in [0.1, 0.15) is 36.8 Å². The van der Waals surface area contributed by atoms with Crippen LogP contribution in [0, 0.1) is 5.82 Å². The van der Waals surface area contributed by atoms with E-state index in [1.54, 1.807) is 6.07 Å². The van der Waals surface area contributed by atoms with Gasteiger partial charge in [0.15, 0.2) is 4.99 Å². The highest BCUT2D eigenvalue weighted by Gasteiger charge is 2.38. The topological polar surface area (TPSA) is 79.1 Å². The molecule has 172 valence electrons. The number of likely N-dealkylation sites (tertiary alicyclic amines) is 1. The number of fused-ring (bicyclic) bond motifs is 1. The summed E-state index contributed by atoms with van der Waals surface area (Å²) in [5.74, 6) is 0.776. The highest BCUT2D eigenvalue weighted by atomic mass is 35.5. The van der Waals surface area contributed by atoms with E-state index in [0.29, 0.717) is 17.3 Å². The summed E-state index contributed by atoms with van der Waals surface area (Å²) in [6.45, 7) is 3.31. The maximum Gasteiger partial charge on any atom is 0.167 e. The van der Waals surface area contributed by atoms with Crippen LogP contribution in [0.4, 0.5) is 21.7 Å². The lowest BCUT2D eigenvalue weighted by Gasteiger charge is -2.25. The zero-order valence-corrected chi connectivity index (χ0v) is 19.7. The van der Waals surface area contributed by atoms with Crippen LogP contribution in [0.2, 0.25) is 5.02 Å². The molecule has 33 heavy (non-hydrogen) atoms. The molecule has 1 saturated heterocycles. The van der Waals surface area contributed by atoms with Crippen LogP contribution >= 0.6 is 23.4 Å². The number of anilines is 3. The molecule has 3 aromatic rings. The number of nitrogens with zero attached hydrogens (tertiary/aromatic N) is 3. The third-order valence-electron chi connectivity index (χ3n) is 6.04. The van der Waals surface area contributed by atoms with Crippen LogP contribution in [0.5, 0.6) is 0 Å². The number of nitrogens with one attached hydrogen (secondary N) is 2. The molecule has 1 aromatic heterocycles. The number of thioether (sulfide) groups is 1. The van der Waals surface area contributed by atoms with Crippen molar-refractivity contribution in [2.24, 2.45) is 5.73 Å². The number of halogens is 2. The van der Waals surface area contributed by atoms with Gasteiger partial charge in [0.25, 0.3) is 0 Å². The van der Waals surface area contributed by atoms with Crippen molar-refractivity contribution < 1.29 is 4.39 Å². The Kier molecular flexibility index (Phi) is 6.42. The minimum atomic E-state index is -0.865. The van der Waals surface area contributed by atoms with E-state index < -0.39 is 10.8 Å². The molecule has 2 aromatic carbocycles. The van der Waals surface area contributed by atoms with E-state index in [4.69, 9.17) is 17.3 Å². The van der Waals surface area contributed by atoms with Crippen molar-refractivity contribution in [2.75, 3.05) is 23.7 Å². The van der Waals surface area contributed by atoms with Gasteiger partial charge in [0.05, 0.1) is 9.92 Å². The summed E-state index contributed by atoms with van der Waals surface area (Å²) < 4.78 is 13.5. The lowest BCUT2D eigenvalue weighted by Crippen LogP contribution is -2.38. The molecule has 1 atom stereocenters. The molecule has 0 amide bonds. The normalized spacial score (nSPS) is 20.7. The first kappa shape index (κ1) is 22.4. The van der Waals surface area contributed by atoms with E-state index in [0.717, 1.165) is 17.0 Å². The number of rotatable bonds is 5. The van der Waals surface area contributed by atoms with Gasteiger partial charge in [-0.05, 0) is 49.7 Å². The Morgan fingerprint density at radius 1 is 1.09 bits per heavy atom. The maximum absolute atomic E-state index is 13.5. The zero-order valence-electron chi connectivity index (χ0n) is 18.2. The second kappa shape index (κ2) is 9.46. The van der Waals surface area contributed by atoms with Crippen molar-refractivity contribution in [2.45, 2.75) is 42.1 Å². The van der Waals surface area contributed by atoms with Crippen LogP contribution in [-0.2, 0) is 11.5 Å². The Bertz CT molecular complexity index is 1140. The van der Waals surface area contributed by atoms with Crippen molar-refractivity contribution >= 4 is 40.7 Å². The summed E-state index contributed by atoms with van der Waals surface area (Å²) in [5.41, 5.74) is 9.65. The predicted octanol–water partition coefficient (Wildman–Crippen LogP) is 5.68. The Balaban J connectivity index is 1.32. The van der Waals surface area contributed by atoms with Gasteiger partial charge in [-0.15, -0.1) is 0 Å². The number of benzene rings is 2. The van der Waals surface area contributed by atoms with Gasteiger partial charge in [-0.1, -0.05) is 60.5 Å². The van der Waals surface area contributed by atoms with Gasteiger partial charge >= 0.3 is 0 Å². The third kappa shape index (κ3) is 4.94. The molecule has 5 rings (SSSR count). The maximum atomic E-state index is 13.5. The number of hydrogen-bond acceptors (Lipinski definition) is 7. The van der Waals surface area contributed by atoms with Gasteiger partial charge in [0.1, 0.15) is 23.8 Å². The summed E-state index contributed by atoms with van der Waals surface area (Å²) in [5, 5.41) is 6.58. The van der Waals surface area contributed by atoms with Crippen molar-refractivity contribution in [1.82, 2.24) is 14.9 Å². The Morgan fingerprint density at radius 2 is 1.85 bits per heavy atom. The van der Waals surface area contributed by atoms with E-state index in [2.05, 4.69) is 49.8 Å². The lowest BCUT2D eigenvalue weighted by molar-refractivity contribution is 0.277. The monoisotopic (exact) mass is 484 g/mol. The first-order valence-corrected chi connectivity index (χ1v) is 12.3. The first-order chi connectivity index (χ1) is 16.0. The molecule has 0 aliphatic carbocycles. The fraction of sp³-hybridized carbons (Fsp3) is 0.333. The molecular weight excluding hydrogens is 459 g/mol. The molecule has 0 radical (unpaired) electrons. The lowest BCUT2D eigenvalue weighted by atomic mass is 10.1. The number of hydrogen-bond donors (Lipinski definition) is 3. The standard InChI is InChI=1S/C24H26ClFN6S/c25-19-13-18(9-10-20(19)26)30-22-21-23(29-15-28-22)31-24(27,33-21)17-7-5-16(6-8-17)14-32-11-3-1-2-4-12-32/h5-10,13,15H,1-4,11-12,14,27H2,(H2,28,29,30,31). The van der Waals surface area contributed by atoms with E-state index in [1.165, 1.54) is 74.6 Å². The SMILES string of the molecule is NC1(c2ccc(CN3CCCCCC3)cc2)Nc2ncnc(Nc3ccc(F)c(Cl)c3)c2S1. The van der Waals surface area contributed by atoms with Gasteiger partial charge in [0.2, 0.25) is 0 Å². The smallest absolute Gasteiger partial charge is 0.167 e. The minimum Gasteiger partial charge on any atom is -0.339 e. The van der Waals surface area contributed by atoms with Crippen molar-refractivity contribution in [3.63, 3.8) is 0 Å². The minimum absolute atomic E-state index is 0.0462. The second-order valence-corrected chi connectivity index (χ2v) is 10.2. The highest BCUT2D eigenvalue weighted by Crippen LogP contribution is 2.50. The van der Waals surface area contributed by atoms with E-state index in [-0.39, 0.29) is 5.02 Å². The first-order valence-electron chi connectivity index (χ1n) is 11.2. The summed E-state index contributed by atoms with van der Waals surface area (Å²) in [6.07, 6.45) is 6.70. The molecule has 0 spiro atoms. The van der Waals surface area contributed by atoms with Gasteiger partial charge in [-0.2, -0.15) is 0 Å². The van der Waals surface area contributed by atoms with Gasteiger partial charge in [-0.3, -0.25) is 10.6 Å². The van der Waals surface area contributed by atoms with Crippen LogP contribution in [0.3, 0.4) is 0 Å². The Hall–Kier alpha value is -2.39. The summed E-state index contributed by atoms with van der Waals surface area (Å²) in [6, 6.07) is 12.9. The van der Waals surface area contributed by atoms with E-state index >= 15 is 0 Å².